The SMILES string of the molecule is O=C(CSc1nc2ccccc2[nH]1)N1CCN(CC=Cc2ccccc2)CC1. The number of amides is 1. The number of carbonyl (C=O) groups excluding carboxylic acids is 1. The van der Waals surface area contributed by atoms with E-state index in [1.165, 1.54) is 17.3 Å². The first-order valence-corrected chi connectivity index (χ1v) is 10.6. The van der Waals surface area contributed by atoms with Crippen LogP contribution in [0, 0.1) is 0 Å². The molecule has 5 nitrogen and oxygen atoms in total. The average molecular weight is 393 g/mol. The third-order valence-corrected chi connectivity index (χ3v) is 5.76. The second-order valence-electron chi connectivity index (χ2n) is 6.84. The number of H-pyrrole nitrogens is 1. The Morgan fingerprint density at radius 3 is 2.57 bits per heavy atom. The maximum absolute atomic E-state index is 12.5. The first kappa shape index (κ1) is 18.8. The number of hydrogen-bond acceptors (Lipinski definition) is 4. The van der Waals surface area contributed by atoms with Crippen LogP contribution in [-0.4, -0.2) is 64.2 Å². The number of hydrogen-bond donors (Lipinski definition) is 1. The Hall–Kier alpha value is -2.57. The number of aromatic amines is 1. The van der Waals surface area contributed by atoms with Crippen molar-refractivity contribution in [3.63, 3.8) is 0 Å². The van der Waals surface area contributed by atoms with Crippen molar-refractivity contribution in [3.8, 4) is 0 Å². The number of aromatic nitrogens is 2. The van der Waals surface area contributed by atoms with Gasteiger partial charge in [0, 0.05) is 32.7 Å². The minimum atomic E-state index is 0.185. The van der Waals surface area contributed by atoms with Crippen molar-refractivity contribution in [3.05, 3.63) is 66.2 Å². The molecule has 0 radical (unpaired) electrons. The Labute approximate surface area is 169 Å². The van der Waals surface area contributed by atoms with Crippen LogP contribution in [0.5, 0.6) is 0 Å². The number of imidazole rings is 1. The predicted octanol–water partition coefficient (Wildman–Crippen LogP) is 3.51. The summed E-state index contributed by atoms with van der Waals surface area (Å²) >= 11 is 1.48. The van der Waals surface area contributed by atoms with Crippen LogP contribution in [0.1, 0.15) is 5.56 Å². The lowest BCUT2D eigenvalue weighted by Crippen LogP contribution is -2.49. The van der Waals surface area contributed by atoms with Gasteiger partial charge in [-0.15, -0.1) is 0 Å². The van der Waals surface area contributed by atoms with Crippen LogP contribution in [0.15, 0.2) is 65.8 Å². The predicted molar refractivity (Wildman–Crippen MR) is 115 cm³/mol. The van der Waals surface area contributed by atoms with E-state index in [1.54, 1.807) is 0 Å². The number of benzene rings is 2. The number of thioether (sulfide) groups is 1. The van der Waals surface area contributed by atoms with Crippen LogP contribution in [0.3, 0.4) is 0 Å². The molecule has 28 heavy (non-hydrogen) atoms. The fourth-order valence-corrected chi connectivity index (χ4v) is 4.09. The molecule has 0 spiro atoms. The van der Waals surface area contributed by atoms with Crippen LogP contribution >= 0.6 is 11.8 Å². The largest absolute Gasteiger partial charge is 0.339 e. The van der Waals surface area contributed by atoms with Gasteiger partial charge < -0.3 is 9.88 Å². The molecule has 1 aliphatic rings. The molecule has 6 heteroatoms. The highest BCUT2D eigenvalue weighted by Crippen LogP contribution is 2.19. The van der Waals surface area contributed by atoms with Gasteiger partial charge in [0.05, 0.1) is 16.8 Å². The molecule has 0 bridgehead atoms. The molecular weight excluding hydrogens is 368 g/mol. The number of carbonyl (C=O) groups is 1. The van der Waals surface area contributed by atoms with E-state index >= 15 is 0 Å². The normalized spacial score (nSPS) is 15.5. The van der Waals surface area contributed by atoms with Gasteiger partial charge in [-0.1, -0.05) is 66.4 Å². The zero-order chi connectivity index (χ0) is 19.2. The average Bonchev–Trinajstić information content (AvgIpc) is 3.16. The van der Waals surface area contributed by atoms with Gasteiger partial charge in [0.25, 0.3) is 0 Å². The first-order chi connectivity index (χ1) is 13.8. The van der Waals surface area contributed by atoms with Crippen molar-refractivity contribution < 1.29 is 4.79 Å². The molecule has 1 amide bonds. The van der Waals surface area contributed by atoms with Gasteiger partial charge in [-0.05, 0) is 17.7 Å². The first-order valence-electron chi connectivity index (χ1n) is 9.57. The molecular formula is C22H24N4OS. The maximum Gasteiger partial charge on any atom is 0.233 e. The summed E-state index contributed by atoms with van der Waals surface area (Å²) in [6.45, 7) is 4.34. The van der Waals surface area contributed by atoms with Crippen LogP contribution in [-0.2, 0) is 4.79 Å². The fraction of sp³-hybridized carbons (Fsp3) is 0.273. The summed E-state index contributed by atoms with van der Waals surface area (Å²) in [5, 5.41) is 0.805. The number of para-hydroxylation sites is 2. The zero-order valence-corrected chi connectivity index (χ0v) is 16.6. The van der Waals surface area contributed by atoms with E-state index in [4.69, 9.17) is 0 Å². The molecule has 4 rings (SSSR count). The summed E-state index contributed by atoms with van der Waals surface area (Å²) in [5.41, 5.74) is 3.17. The van der Waals surface area contributed by atoms with E-state index in [2.05, 4.69) is 39.2 Å². The Balaban J connectivity index is 1.21. The molecule has 2 aromatic carbocycles. The highest BCUT2D eigenvalue weighted by Gasteiger charge is 2.20. The van der Waals surface area contributed by atoms with E-state index in [9.17, 15) is 4.79 Å². The second kappa shape index (κ2) is 9.08. The van der Waals surface area contributed by atoms with E-state index in [1.807, 2.05) is 47.4 Å². The van der Waals surface area contributed by atoms with Crippen molar-refractivity contribution in [2.24, 2.45) is 0 Å². The molecule has 0 saturated carbocycles. The molecule has 0 unspecified atom stereocenters. The van der Waals surface area contributed by atoms with Gasteiger partial charge >= 0.3 is 0 Å². The molecule has 0 atom stereocenters. The lowest BCUT2D eigenvalue weighted by molar-refractivity contribution is -0.130. The van der Waals surface area contributed by atoms with Crippen molar-refractivity contribution in [2.45, 2.75) is 5.16 Å². The van der Waals surface area contributed by atoms with Crippen LogP contribution in [0.2, 0.25) is 0 Å². The molecule has 1 aromatic heterocycles. The van der Waals surface area contributed by atoms with Crippen LogP contribution in [0.4, 0.5) is 0 Å². The Morgan fingerprint density at radius 1 is 1.04 bits per heavy atom. The molecule has 2 heterocycles. The van der Waals surface area contributed by atoms with Crippen molar-refractivity contribution >= 4 is 34.8 Å². The number of nitrogens with zero attached hydrogens (tertiary/aromatic N) is 3. The highest BCUT2D eigenvalue weighted by molar-refractivity contribution is 7.99. The quantitative estimate of drug-likeness (QED) is 0.652. The standard InChI is InChI=1S/C22H24N4OS/c27-21(17-28-22-23-19-10-4-5-11-20(19)24-22)26-15-13-25(14-16-26)12-6-9-18-7-2-1-3-8-18/h1-11H,12-17H2,(H,23,24). The van der Waals surface area contributed by atoms with E-state index < -0.39 is 0 Å². The molecule has 1 saturated heterocycles. The Bertz CT molecular complexity index is 912. The summed E-state index contributed by atoms with van der Waals surface area (Å²) in [4.78, 5) is 24.7. The molecule has 1 aliphatic heterocycles. The van der Waals surface area contributed by atoms with Gasteiger partial charge in [0.2, 0.25) is 5.91 Å². The van der Waals surface area contributed by atoms with Gasteiger partial charge in [0.15, 0.2) is 5.16 Å². The zero-order valence-electron chi connectivity index (χ0n) is 15.8. The summed E-state index contributed by atoms with van der Waals surface area (Å²) in [5.74, 6) is 0.609. The van der Waals surface area contributed by atoms with Crippen LogP contribution < -0.4 is 0 Å². The van der Waals surface area contributed by atoms with Crippen molar-refractivity contribution in [1.82, 2.24) is 19.8 Å². The number of nitrogens with one attached hydrogen (secondary N) is 1. The minimum Gasteiger partial charge on any atom is -0.339 e. The monoisotopic (exact) mass is 392 g/mol. The third kappa shape index (κ3) is 4.82. The number of piperazine rings is 1. The van der Waals surface area contributed by atoms with E-state index in [-0.39, 0.29) is 5.91 Å². The van der Waals surface area contributed by atoms with Crippen molar-refractivity contribution in [1.29, 1.82) is 0 Å². The lowest BCUT2D eigenvalue weighted by atomic mass is 10.2. The Kier molecular flexibility index (Phi) is 6.09. The molecule has 144 valence electrons. The molecule has 1 N–H and O–H groups in total. The van der Waals surface area contributed by atoms with Gasteiger partial charge in [0.1, 0.15) is 0 Å². The van der Waals surface area contributed by atoms with Gasteiger partial charge in [-0.3, -0.25) is 9.69 Å². The number of rotatable bonds is 6. The van der Waals surface area contributed by atoms with Crippen LogP contribution in [0.25, 0.3) is 17.1 Å². The summed E-state index contributed by atoms with van der Waals surface area (Å²) < 4.78 is 0. The van der Waals surface area contributed by atoms with Crippen molar-refractivity contribution in [2.75, 3.05) is 38.5 Å². The molecule has 1 fully saturated rings. The maximum atomic E-state index is 12.5. The Morgan fingerprint density at radius 2 is 1.79 bits per heavy atom. The lowest BCUT2D eigenvalue weighted by Gasteiger charge is -2.34. The number of fused-ring (bicyclic) bond motifs is 1. The topological polar surface area (TPSA) is 52.2 Å². The second-order valence-corrected chi connectivity index (χ2v) is 7.81. The summed E-state index contributed by atoms with van der Waals surface area (Å²) in [7, 11) is 0. The molecule has 0 aliphatic carbocycles. The van der Waals surface area contributed by atoms with E-state index in [0.29, 0.717) is 5.75 Å². The fourth-order valence-electron chi connectivity index (χ4n) is 3.30. The van der Waals surface area contributed by atoms with E-state index in [0.717, 1.165) is 48.9 Å². The summed E-state index contributed by atoms with van der Waals surface area (Å²) in [6.07, 6.45) is 4.35. The minimum absolute atomic E-state index is 0.185. The van der Waals surface area contributed by atoms with Gasteiger partial charge in [-0.25, -0.2) is 4.98 Å². The highest BCUT2D eigenvalue weighted by atomic mass is 32.2. The van der Waals surface area contributed by atoms with Gasteiger partial charge in [-0.2, -0.15) is 0 Å². The third-order valence-electron chi connectivity index (χ3n) is 4.90. The summed E-state index contributed by atoms with van der Waals surface area (Å²) in [6, 6.07) is 18.3. The molecule has 3 aromatic rings. The smallest absolute Gasteiger partial charge is 0.233 e.